The Kier molecular flexibility index (Phi) is 5.80. The molecule has 6 nitrogen and oxygen atoms in total. The largest absolute Gasteiger partial charge is 0.411 e. The van der Waals surface area contributed by atoms with Crippen LogP contribution in [0.15, 0.2) is 71.5 Å². The topological polar surface area (TPSA) is 72.9 Å². The number of nitrogens with zero attached hydrogens (tertiary/aromatic N) is 4. The predicted molar refractivity (Wildman–Crippen MR) is 81.2 cm³/mol. The molecule has 0 fully saturated rings. The summed E-state index contributed by atoms with van der Waals surface area (Å²) in [5, 5.41) is 23.0. The second-order valence-corrected chi connectivity index (χ2v) is 4.62. The Morgan fingerprint density at radius 1 is 0.818 bits per heavy atom. The zero-order valence-electron chi connectivity index (χ0n) is 12.0. The third-order valence-electron chi connectivity index (χ3n) is 3.01. The third-order valence-corrected chi connectivity index (χ3v) is 3.01. The van der Waals surface area contributed by atoms with Crippen LogP contribution in [0.4, 0.5) is 0 Å². The van der Waals surface area contributed by atoms with Gasteiger partial charge in [-0.05, 0) is 18.2 Å². The van der Waals surface area contributed by atoms with Crippen LogP contribution in [0.3, 0.4) is 0 Å². The lowest BCUT2D eigenvalue weighted by Crippen LogP contribution is -2.33. The molecule has 2 aromatic heterocycles. The van der Waals surface area contributed by atoms with Crippen LogP contribution < -0.4 is 9.13 Å². The minimum Gasteiger partial charge on any atom is -0.411 e. The van der Waals surface area contributed by atoms with Gasteiger partial charge in [0.15, 0.2) is 37.9 Å². The van der Waals surface area contributed by atoms with Gasteiger partial charge < -0.3 is 10.4 Å². The van der Waals surface area contributed by atoms with Gasteiger partial charge in [0.25, 0.3) is 0 Å². The highest BCUT2D eigenvalue weighted by Crippen LogP contribution is 1.91. The highest BCUT2D eigenvalue weighted by molar-refractivity contribution is 5.78. The number of pyridine rings is 2. The summed E-state index contributed by atoms with van der Waals surface area (Å²) in [6, 6.07) is 7.52. The first-order valence-corrected chi connectivity index (χ1v) is 6.80. The first-order chi connectivity index (χ1) is 10.8. The van der Waals surface area contributed by atoms with Crippen molar-refractivity contribution in [2.45, 2.75) is 13.1 Å². The van der Waals surface area contributed by atoms with E-state index in [1.807, 2.05) is 58.2 Å². The fourth-order valence-electron chi connectivity index (χ4n) is 1.93. The number of oxime groups is 2. The van der Waals surface area contributed by atoms with E-state index in [1.165, 1.54) is 12.4 Å². The lowest BCUT2D eigenvalue weighted by molar-refractivity contribution is -0.691. The Labute approximate surface area is 128 Å². The normalized spacial score (nSPS) is 11.8. The highest BCUT2D eigenvalue weighted by atomic mass is 16.4. The Morgan fingerprint density at radius 2 is 1.45 bits per heavy atom. The number of allylic oxidation sites excluding steroid dienone is 2. The van der Waals surface area contributed by atoms with E-state index >= 15 is 0 Å². The molecule has 0 aliphatic rings. The molecule has 0 atom stereocenters. The fraction of sp³-hybridized carbons (Fsp3) is 0.125. The van der Waals surface area contributed by atoms with Crippen LogP contribution in [0, 0.1) is 0 Å². The summed E-state index contributed by atoms with van der Waals surface area (Å²) in [5.41, 5.74) is 1.69. The average Bonchev–Trinajstić information content (AvgIpc) is 2.54. The van der Waals surface area contributed by atoms with Crippen molar-refractivity contribution in [3.63, 3.8) is 0 Å². The average molecular weight is 298 g/mol. The molecular weight excluding hydrogens is 280 g/mol. The van der Waals surface area contributed by atoms with Gasteiger partial charge >= 0.3 is 0 Å². The van der Waals surface area contributed by atoms with Crippen molar-refractivity contribution in [2.24, 2.45) is 10.3 Å². The monoisotopic (exact) mass is 298 g/mol. The molecule has 2 rings (SSSR count). The lowest BCUT2D eigenvalue weighted by Gasteiger charge is -1.94. The summed E-state index contributed by atoms with van der Waals surface area (Å²) >= 11 is 0. The molecule has 112 valence electrons. The number of hydrogen-bond acceptors (Lipinski definition) is 4. The van der Waals surface area contributed by atoms with Crippen LogP contribution in [-0.4, -0.2) is 22.8 Å². The number of aromatic nitrogens is 2. The molecule has 2 N–H and O–H groups in total. The van der Waals surface area contributed by atoms with Gasteiger partial charge in [0.05, 0.1) is 18.0 Å². The van der Waals surface area contributed by atoms with Gasteiger partial charge in [0.2, 0.25) is 0 Å². The third kappa shape index (κ3) is 4.82. The zero-order valence-corrected chi connectivity index (χ0v) is 12.0. The Hall–Kier alpha value is -3.02. The predicted octanol–water partition coefficient (Wildman–Crippen LogP) is 1.13. The van der Waals surface area contributed by atoms with Gasteiger partial charge in [-0.25, -0.2) is 9.13 Å². The molecule has 0 radical (unpaired) electrons. The molecule has 0 spiro atoms. The summed E-state index contributed by atoms with van der Waals surface area (Å²) in [6.07, 6.45) is 14.6. The molecule has 0 saturated heterocycles. The number of rotatable bonds is 6. The van der Waals surface area contributed by atoms with E-state index in [1.54, 1.807) is 0 Å². The van der Waals surface area contributed by atoms with Crippen molar-refractivity contribution in [1.82, 2.24) is 0 Å². The molecule has 0 saturated carbocycles. The maximum atomic E-state index is 8.53. The molecule has 0 unspecified atom stereocenters. The van der Waals surface area contributed by atoms with Crippen LogP contribution in [0.1, 0.15) is 11.1 Å². The standard InChI is InChI=1S/C16H16N4O2/c21-17-12-15-5-10-19(11-6-15)7-1-2-8-20-9-3-4-16(14-20)13-18-22/h1-6,9-14H,7-8H2/p+2/b2-1-,18-13-. The number of hydrogen-bond donors (Lipinski definition) is 2. The molecule has 2 heterocycles. The molecule has 0 aromatic carbocycles. The van der Waals surface area contributed by atoms with E-state index in [-0.39, 0.29) is 0 Å². The van der Waals surface area contributed by atoms with Crippen molar-refractivity contribution in [3.05, 3.63) is 72.3 Å². The molecule has 0 amide bonds. The minimum absolute atomic E-state index is 0.739. The summed E-state index contributed by atoms with van der Waals surface area (Å²) in [5.74, 6) is 0. The summed E-state index contributed by atoms with van der Waals surface area (Å²) in [6.45, 7) is 1.50. The summed E-state index contributed by atoms with van der Waals surface area (Å²) < 4.78 is 4.02. The van der Waals surface area contributed by atoms with Crippen molar-refractivity contribution >= 4 is 12.4 Å². The molecule has 0 aliphatic carbocycles. The molecular formula is C16H18N4O2+2. The Morgan fingerprint density at radius 3 is 2.14 bits per heavy atom. The SMILES string of the molecule is ON=Cc1cc[n+](C/C=C\C[n+]2cccc(/C=N\O)c2)cc1. The molecule has 2 aromatic rings. The van der Waals surface area contributed by atoms with E-state index in [0.717, 1.165) is 24.2 Å². The maximum absolute atomic E-state index is 8.53. The van der Waals surface area contributed by atoms with Gasteiger partial charge in [-0.2, -0.15) is 0 Å². The van der Waals surface area contributed by atoms with E-state index < -0.39 is 0 Å². The van der Waals surface area contributed by atoms with E-state index in [0.29, 0.717) is 0 Å². The van der Waals surface area contributed by atoms with E-state index in [9.17, 15) is 0 Å². The zero-order chi connectivity index (χ0) is 15.6. The smallest absolute Gasteiger partial charge is 0.178 e. The van der Waals surface area contributed by atoms with Crippen LogP contribution in [0.25, 0.3) is 0 Å². The second kappa shape index (κ2) is 8.31. The molecule has 0 aliphatic heterocycles. The van der Waals surface area contributed by atoms with Crippen molar-refractivity contribution in [1.29, 1.82) is 0 Å². The van der Waals surface area contributed by atoms with Gasteiger partial charge in [-0.1, -0.05) is 10.3 Å². The first kappa shape index (κ1) is 15.4. The summed E-state index contributed by atoms with van der Waals surface area (Å²) in [4.78, 5) is 0. The van der Waals surface area contributed by atoms with Gasteiger partial charge in [0, 0.05) is 23.8 Å². The van der Waals surface area contributed by atoms with Crippen molar-refractivity contribution < 1.29 is 19.5 Å². The molecule has 22 heavy (non-hydrogen) atoms. The molecule has 6 heteroatoms. The van der Waals surface area contributed by atoms with Gasteiger partial charge in [-0.15, -0.1) is 0 Å². The van der Waals surface area contributed by atoms with Crippen LogP contribution in [0.2, 0.25) is 0 Å². The minimum atomic E-state index is 0.739. The lowest BCUT2D eigenvalue weighted by atomic mass is 10.3. The maximum Gasteiger partial charge on any atom is 0.178 e. The second-order valence-electron chi connectivity index (χ2n) is 4.62. The fourth-order valence-corrected chi connectivity index (χ4v) is 1.93. The Balaban J connectivity index is 1.88. The highest BCUT2D eigenvalue weighted by Gasteiger charge is 2.00. The molecule has 0 bridgehead atoms. The van der Waals surface area contributed by atoms with E-state index in [2.05, 4.69) is 22.5 Å². The summed E-state index contributed by atoms with van der Waals surface area (Å²) in [7, 11) is 0. The van der Waals surface area contributed by atoms with Crippen LogP contribution in [0.5, 0.6) is 0 Å². The van der Waals surface area contributed by atoms with E-state index in [4.69, 9.17) is 10.4 Å². The Bertz CT molecular complexity index is 679. The quantitative estimate of drug-likeness (QED) is 0.276. The van der Waals surface area contributed by atoms with Gasteiger partial charge in [0.1, 0.15) is 0 Å². The van der Waals surface area contributed by atoms with Gasteiger partial charge in [-0.3, -0.25) is 0 Å². The van der Waals surface area contributed by atoms with Crippen molar-refractivity contribution in [2.75, 3.05) is 0 Å². The van der Waals surface area contributed by atoms with Crippen LogP contribution in [-0.2, 0) is 13.1 Å². The van der Waals surface area contributed by atoms with Crippen molar-refractivity contribution in [3.8, 4) is 0 Å². The first-order valence-electron chi connectivity index (χ1n) is 6.80. The van der Waals surface area contributed by atoms with Crippen LogP contribution >= 0.6 is 0 Å².